The number of aromatic amines is 1. The van der Waals surface area contributed by atoms with Crippen LogP contribution in [0.25, 0.3) is 11.4 Å². The Hall–Kier alpha value is -3.46. The van der Waals surface area contributed by atoms with Crippen LogP contribution < -0.4 is 15.8 Å². The second-order valence-corrected chi connectivity index (χ2v) is 6.77. The number of hydrogen-bond donors (Lipinski definition) is 2. The van der Waals surface area contributed by atoms with Crippen LogP contribution in [-0.2, 0) is 11.3 Å². The average molecular weight is 396 g/mol. The number of carbonyl (C=O) groups excluding carboxylic acids is 1. The molecule has 1 saturated heterocycles. The Bertz CT molecular complexity index is 1050. The molecule has 0 spiro atoms. The number of ether oxygens (including phenoxy) is 2. The van der Waals surface area contributed by atoms with Gasteiger partial charge in [-0.1, -0.05) is 17.3 Å². The predicted octanol–water partition coefficient (Wildman–Crippen LogP) is 1.83. The van der Waals surface area contributed by atoms with Crippen LogP contribution >= 0.6 is 0 Å². The number of nitrogens with one attached hydrogen (secondary N) is 2. The van der Waals surface area contributed by atoms with Gasteiger partial charge in [0.2, 0.25) is 0 Å². The summed E-state index contributed by atoms with van der Waals surface area (Å²) in [7, 11) is 0. The smallest absolute Gasteiger partial charge is 0.439 e. The van der Waals surface area contributed by atoms with Gasteiger partial charge in [-0.05, 0) is 30.7 Å². The molecule has 0 aliphatic carbocycles. The zero-order valence-corrected chi connectivity index (χ0v) is 15.8. The van der Waals surface area contributed by atoms with Crippen molar-refractivity contribution >= 4 is 5.91 Å². The van der Waals surface area contributed by atoms with Crippen LogP contribution in [0, 0.1) is 6.92 Å². The van der Waals surface area contributed by atoms with E-state index >= 15 is 0 Å². The number of aryl methyl sites for hydroxylation is 1. The Balaban J connectivity index is 1.42. The molecule has 1 atom stereocenters. The molecular formula is C20H20N4O5. The van der Waals surface area contributed by atoms with Crippen LogP contribution in [-0.4, -0.2) is 40.3 Å². The van der Waals surface area contributed by atoms with Crippen molar-refractivity contribution in [3.63, 3.8) is 0 Å². The van der Waals surface area contributed by atoms with Crippen LogP contribution in [0.4, 0.5) is 0 Å². The number of rotatable bonds is 6. The fraction of sp³-hybridized carbons (Fsp3) is 0.300. The minimum Gasteiger partial charge on any atom is -0.488 e. The fourth-order valence-electron chi connectivity index (χ4n) is 2.99. The molecule has 1 aliphatic heterocycles. The maximum Gasteiger partial charge on any atom is 0.439 e. The molecule has 9 heteroatoms. The number of carbonyl (C=O) groups is 1. The van der Waals surface area contributed by atoms with Gasteiger partial charge in [0.05, 0.1) is 13.2 Å². The van der Waals surface area contributed by atoms with Crippen molar-refractivity contribution in [1.29, 1.82) is 0 Å². The topological polar surface area (TPSA) is 119 Å². The molecule has 1 aliphatic rings. The van der Waals surface area contributed by atoms with Gasteiger partial charge in [-0.15, -0.1) is 0 Å². The van der Waals surface area contributed by atoms with Gasteiger partial charge in [-0.25, -0.2) is 4.79 Å². The van der Waals surface area contributed by atoms with Crippen molar-refractivity contribution in [2.24, 2.45) is 0 Å². The number of nitrogens with zero attached hydrogens (tertiary/aromatic N) is 2. The maximum atomic E-state index is 12.5. The zero-order valence-electron chi connectivity index (χ0n) is 15.8. The Morgan fingerprint density at radius 1 is 1.34 bits per heavy atom. The molecule has 0 radical (unpaired) electrons. The average Bonchev–Trinajstić information content (AvgIpc) is 3.39. The Labute approximate surface area is 166 Å². The molecule has 1 aromatic carbocycles. The van der Waals surface area contributed by atoms with Crippen molar-refractivity contribution < 1.29 is 18.8 Å². The minimum absolute atomic E-state index is 0.0310. The summed E-state index contributed by atoms with van der Waals surface area (Å²) < 4.78 is 15.9. The van der Waals surface area contributed by atoms with Gasteiger partial charge >= 0.3 is 5.76 Å². The highest BCUT2D eigenvalue weighted by Crippen LogP contribution is 2.24. The van der Waals surface area contributed by atoms with Crippen LogP contribution in [0.5, 0.6) is 5.75 Å². The highest BCUT2D eigenvalue weighted by atomic mass is 16.5. The first-order valence-electron chi connectivity index (χ1n) is 9.23. The van der Waals surface area contributed by atoms with Crippen molar-refractivity contribution in [2.75, 3.05) is 13.2 Å². The summed E-state index contributed by atoms with van der Waals surface area (Å²) in [6.07, 6.45) is 2.33. The predicted molar refractivity (Wildman–Crippen MR) is 103 cm³/mol. The molecule has 1 amide bonds. The molecular weight excluding hydrogens is 376 g/mol. The Kier molecular flexibility index (Phi) is 5.39. The number of amides is 1. The van der Waals surface area contributed by atoms with E-state index in [1.165, 1.54) is 6.20 Å². The van der Waals surface area contributed by atoms with E-state index in [2.05, 4.69) is 25.0 Å². The lowest BCUT2D eigenvalue weighted by Gasteiger charge is -2.16. The normalized spacial score (nSPS) is 16.0. The van der Waals surface area contributed by atoms with Crippen LogP contribution in [0.15, 0.2) is 45.8 Å². The monoisotopic (exact) mass is 396 g/mol. The Morgan fingerprint density at radius 2 is 2.24 bits per heavy atom. The van der Waals surface area contributed by atoms with E-state index in [4.69, 9.17) is 9.47 Å². The number of aromatic nitrogens is 3. The fourth-order valence-corrected chi connectivity index (χ4v) is 2.99. The van der Waals surface area contributed by atoms with Gasteiger partial charge in [-0.2, -0.15) is 0 Å². The SMILES string of the molecule is Cc1ccc(CNC(=O)c2ccc(-c3noc(=O)[nH]3)cn2)c(OC2CCOC2)c1. The number of pyridine rings is 1. The summed E-state index contributed by atoms with van der Waals surface area (Å²) in [5, 5.41) is 6.45. The highest BCUT2D eigenvalue weighted by Gasteiger charge is 2.19. The number of benzene rings is 1. The van der Waals surface area contributed by atoms with E-state index in [-0.39, 0.29) is 23.5 Å². The lowest BCUT2D eigenvalue weighted by atomic mass is 10.1. The second-order valence-electron chi connectivity index (χ2n) is 6.77. The van der Waals surface area contributed by atoms with E-state index in [0.717, 1.165) is 23.3 Å². The third kappa shape index (κ3) is 4.52. The van der Waals surface area contributed by atoms with Crippen LogP contribution in [0.1, 0.15) is 28.0 Å². The van der Waals surface area contributed by atoms with E-state index in [1.54, 1.807) is 12.1 Å². The molecule has 29 heavy (non-hydrogen) atoms. The van der Waals surface area contributed by atoms with Gasteiger partial charge in [0.25, 0.3) is 5.91 Å². The van der Waals surface area contributed by atoms with Crippen molar-refractivity contribution in [3.05, 3.63) is 63.9 Å². The summed E-state index contributed by atoms with van der Waals surface area (Å²) >= 11 is 0. The highest BCUT2D eigenvalue weighted by molar-refractivity contribution is 5.92. The molecule has 150 valence electrons. The molecule has 0 bridgehead atoms. The van der Waals surface area contributed by atoms with E-state index in [1.807, 2.05) is 25.1 Å². The molecule has 0 saturated carbocycles. The maximum absolute atomic E-state index is 12.5. The van der Waals surface area contributed by atoms with Crippen molar-refractivity contribution in [2.45, 2.75) is 26.0 Å². The summed E-state index contributed by atoms with van der Waals surface area (Å²) in [5.74, 6) is 0.0360. The first kappa shape index (κ1) is 18.9. The molecule has 2 N–H and O–H groups in total. The summed E-state index contributed by atoms with van der Waals surface area (Å²) in [4.78, 5) is 30.1. The summed E-state index contributed by atoms with van der Waals surface area (Å²) in [6.45, 7) is 3.58. The number of hydrogen-bond acceptors (Lipinski definition) is 7. The second kappa shape index (κ2) is 8.27. The molecule has 3 aromatic rings. The lowest BCUT2D eigenvalue weighted by molar-refractivity contribution is 0.0945. The van der Waals surface area contributed by atoms with Gasteiger partial charge in [0, 0.05) is 30.3 Å². The Morgan fingerprint density at radius 3 is 2.93 bits per heavy atom. The molecule has 1 fully saturated rings. The van der Waals surface area contributed by atoms with E-state index < -0.39 is 5.76 Å². The minimum atomic E-state index is -0.651. The third-order valence-electron chi connectivity index (χ3n) is 4.55. The van der Waals surface area contributed by atoms with Crippen LogP contribution in [0.2, 0.25) is 0 Å². The van der Waals surface area contributed by atoms with Gasteiger partial charge < -0.3 is 14.8 Å². The molecule has 2 aromatic heterocycles. The van der Waals surface area contributed by atoms with Gasteiger partial charge in [0.1, 0.15) is 17.5 Å². The van der Waals surface area contributed by atoms with Gasteiger partial charge in [0.15, 0.2) is 5.82 Å². The third-order valence-corrected chi connectivity index (χ3v) is 4.55. The first-order chi connectivity index (χ1) is 14.1. The zero-order chi connectivity index (χ0) is 20.2. The van der Waals surface area contributed by atoms with Crippen molar-refractivity contribution in [1.82, 2.24) is 20.4 Å². The van der Waals surface area contributed by atoms with Crippen LogP contribution in [0.3, 0.4) is 0 Å². The molecule has 9 nitrogen and oxygen atoms in total. The summed E-state index contributed by atoms with van der Waals surface area (Å²) in [5.41, 5.74) is 2.75. The largest absolute Gasteiger partial charge is 0.488 e. The molecule has 4 rings (SSSR count). The van der Waals surface area contributed by atoms with E-state index in [9.17, 15) is 9.59 Å². The first-order valence-corrected chi connectivity index (χ1v) is 9.23. The quantitative estimate of drug-likeness (QED) is 0.652. The summed E-state index contributed by atoms with van der Waals surface area (Å²) in [6, 6.07) is 9.07. The van der Waals surface area contributed by atoms with Gasteiger partial charge in [-0.3, -0.25) is 19.3 Å². The number of H-pyrrole nitrogens is 1. The molecule has 1 unspecified atom stereocenters. The standard InChI is InChI=1S/C20H20N4O5/c1-12-2-3-13(17(8-12)28-15-6-7-27-11-15)9-22-19(25)16-5-4-14(10-21-16)18-23-20(26)29-24-18/h2-5,8,10,15H,6-7,9,11H2,1H3,(H,22,25)(H,23,24,26). The van der Waals surface area contributed by atoms with Crippen molar-refractivity contribution in [3.8, 4) is 17.1 Å². The molecule has 3 heterocycles. The lowest BCUT2D eigenvalue weighted by Crippen LogP contribution is -2.25. The van der Waals surface area contributed by atoms with E-state index in [0.29, 0.717) is 25.3 Å².